The lowest BCUT2D eigenvalue weighted by atomic mass is 9.82. The smallest absolute Gasteiger partial charge is 0.465 e. The number of carbonyl (C=O) groups excluding carboxylic acids is 2. The number of aromatic nitrogens is 4. The third-order valence-corrected chi connectivity index (χ3v) is 7.64. The number of benzene rings is 2. The highest BCUT2D eigenvalue weighted by Gasteiger charge is 2.52. The summed E-state index contributed by atoms with van der Waals surface area (Å²) in [6.45, 7) is 8.18. The minimum absolute atomic E-state index is 0.192. The molecule has 1 saturated heterocycles. The highest BCUT2D eigenvalue weighted by atomic mass is 79.9. The van der Waals surface area contributed by atoms with Gasteiger partial charge in [-0.1, -0.05) is 6.07 Å². The highest BCUT2D eigenvalue weighted by molar-refractivity contribution is 9.10. The lowest BCUT2D eigenvalue weighted by Crippen LogP contribution is -2.41. The number of nitrogens with zero attached hydrogens (tertiary/aromatic N) is 4. The number of rotatable bonds is 4. The quantitative estimate of drug-likeness (QED) is 0.217. The fourth-order valence-electron chi connectivity index (χ4n) is 3.84. The number of ether oxygens (including phenoxy) is 2. The van der Waals surface area contributed by atoms with Crippen LogP contribution < -0.4 is 5.46 Å². The van der Waals surface area contributed by atoms with Crippen molar-refractivity contribution in [3.05, 3.63) is 88.4 Å². The molecule has 0 unspecified atom stereocenters. The molecule has 1 aliphatic rings. The van der Waals surface area contributed by atoms with Crippen LogP contribution in [0.2, 0.25) is 0 Å². The van der Waals surface area contributed by atoms with E-state index in [9.17, 15) is 18.4 Å². The topological polar surface area (TPSA) is 107 Å². The lowest BCUT2D eigenvalue weighted by Gasteiger charge is -2.32. The van der Waals surface area contributed by atoms with Crippen LogP contribution in [0.3, 0.4) is 0 Å². The van der Waals surface area contributed by atoms with E-state index in [1.54, 1.807) is 41.1 Å². The summed E-state index contributed by atoms with van der Waals surface area (Å²) in [5, 5.41) is 8.08. The maximum Gasteiger partial charge on any atom is 0.498 e. The molecule has 0 bridgehead atoms. The molecule has 1 aliphatic heterocycles. The van der Waals surface area contributed by atoms with Gasteiger partial charge in [0.25, 0.3) is 0 Å². The number of hydrogen-bond donors (Lipinski definition) is 0. The average Bonchev–Trinajstić information content (AvgIpc) is 3.66. The highest BCUT2D eigenvalue weighted by Crippen LogP contribution is 2.36. The standard InChI is InChI=1S/C12H11FN2O2.C10H17BN2O2.C8H6BrFO2/c1-15-7-9(6-14-15)10-4-3-8(5-11(10)13)12(16)17-2;1-9(2)10(3,4)15-11(14-9)8-6-12-13(5)7-8;1-12-8(11)5-2-3-6(9)7(10)4-5/h3-7H,1-2H3;6-7H,1-5H3;2-4H,1H3. The van der Waals surface area contributed by atoms with Crippen molar-refractivity contribution in [3.63, 3.8) is 0 Å². The predicted molar refractivity (Wildman–Crippen MR) is 164 cm³/mol. The Bertz CT molecular complexity index is 1610. The largest absolute Gasteiger partial charge is 0.498 e. The van der Waals surface area contributed by atoms with Gasteiger partial charge in [0.15, 0.2) is 0 Å². The Labute approximate surface area is 263 Å². The van der Waals surface area contributed by atoms with Gasteiger partial charge in [-0.25, -0.2) is 18.4 Å². The van der Waals surface area contributed by atoms with Gasteiger partial charge in [-0.05, 0) is 74.0 Å². The molecule has 0 aliphatic carbocycles. The molecular formula is C30H34BBrF2N4O6. The number of aryl methyl sites for hydroxylation is 2. The summed E-state index contributed by atoms with van der Waals surface area (Å²) < 4.78 is 51.0. The van der Waals surface area contributed by atoms with Gasteiger partial charge >= 0.3 is 19.1 Å². The first-order valence-electron chi connectivity index (χ1n) is 13.3. The van der Waals surface area contributed by atoms with Crippen LogP contribution in [0, 0.1) is 11.6 Å². The van der Waals surface area contributed by atoms with Crippen molar-refractivity contribution in [2.45, 2.75) is 38.9 Å². The molecule has 2 aromatic heterocycles. The number of halogens is 3. The van der Waals surface area contributed by atoms with Crippen LogP contribution >= 0.6 is 15.9 Å². The summed E-state index contributed by atoms with van der Waals surface area (Å²) in [6, 6.07) is 8.29. The third-order valence-electron chi connectivity index (χ3n) is 7.00. The van der Waals surface area contributed by atoms with Gasteiger partial charge in [0.1, 0.15) is 11.6 Å². The Balaban J connectivity index is 0.000000183. The lowest BCUT2D eigenvalue weighted by molar-refractivity contribution is 0.00578. The van der Waals surface area contributed by atoms with E-state index in [2.05, 4.69) is 35.6 Å². The van der Waals surface area contributed by atoms with Crippen LogP contribution in [0.1, 0.15) is 48.4 Å². The normalized spacial score (nSPS) is 14.6. The molecule has 0 spiro atoms. The molecule has 0 N–H and O–H groups in total. The van der Waals surface area contributed by atoms with E-state index in [1.165, 1.54) is 32.4 Å². The maximum atomic E-state index is 13.8. The minimum atomic E-state index is -0.554. The van der Waals surface area contributed by atoms with E-state index in [0.717, 1.165) is 17.6 Å². The van der Waals surface area contributed by atoms with E-state index in [-0.39, 0.29) is 29.4 Å². The van der Waals surface area contributed by atoms with E-state index in [0.29, 0.717) is 15.6 Å². The van der Waals surface area contributed by atoms with Crippen molar-refractivity contribution >= 4 is 40.4 Å². The van der Waals surface area contributed by atoms with Crippen molar-refractivity contribution in [2.75, 3.05) is 14.2 Å². The van der Waals surface area contributed by atoms with Crippen molar-refractivity contribution < 1.29 is 37.2 Å². The SMILES string of the molecule is COC(=O)c1ccc(-c2cnn(C)c2)c(F)c1.COC(=O)c1ccc(Br)c(F)c1.Cn1cc(B2OC(C)(C)C(C)(C)O2)cn1. The predicted octanol–water partition coefficient (Wildman–Crippen LogP) is 5.11. The third kappa shape index (κ3) is 8.39. The van der Waals surface area contributed by atoms with Gasteiger partial charge in [0.2, 0.25) is 0 Å². The molecule has 3 heterocycles. The zero-order valence-electron chi connectivity index (χ0n) is 25.7. The number of carbonyl (C=O) groups is 2. The maximum absolute atomic E-state index is 13.8. The van der Waals surface area contributed by atoms with Gasteiger partial charge < -0.3 is 18.8 Å². The second-order valence-electron chi connectivity index (χ2n) is 10.7. The number of esters is 2. The number of hydrogen-bond acceptors (Lipinski definition) is 8. The summed E-state index contributed by atoms with van der Waals surface area (Å²) in [5.74, 6) is -2.04. The van der Waals surface area contributed by atoms with Crippen molar-refractivity contribution in [2.24, 2.45) is 14.1 Å². The zero-order valence-corrected chi connectivity index (χ0v) is 27.3. The summed E-state index contributed by atoms with van der Waals surface area (Å²) in [5.41, 5.74) is 1.88. The van der Waals surface area contributed by atoms with E-state index < -0.39 is 23.6 Å². The second-order valence-corrected chi connectivity index (χ2v) is 11.6. The summed E-state index contributed by atoms with van der Waals surface area (Å²) in [7, 11) is 5.85. The Morgan fingerprint density at radius 1 is 0.818 bits per heavy atom. The van der Waals surface area contributed by atoms with Gasteiger partial charge in [0, 0.05) is 49.3 Å². The molecular weight excluding hydrogens is 641 g/mol. The van der Waals surface area contributed by atoms with Crippen molar-refractivity contribution in [1.82, 2.24) is 19.6 Å². The molecule has 234 valence electrons. The minimum Gasteiger partial charge on any atom is -0.465 e. The van der Waals surface area contributed by atoms with Crippen LogP contribution in [0.5, 0.6) is 0 Å². The van der Waals surface area contributed by atoms with Gasteiger partial charge in [0.05, 0.1) is 47.2 Å². The van der Waals surface area contributed by atoms with Crippen LogP contribution in [-0.2, 0) is 32.9 Å². The summed E-state index contributed by atoms with van der Waals surface area (Å²) in [4.78, 5) is 22.1. The van der Waals surface area contributed by atoms with E-state index in [1.807, 2.05) is 40.9 Å². The number of methoxy groups -OCH3 is 2. The zero-order chi connectivity index (χ0) is 32.8. The molecule has 0 atom stereocenters. The fourth-order valence-corrected chi connectivity index (χ4v) is 4.08. The summed E-state index contributed by atoms with van der Waals surface area (Å²) in [6.07, 6.45) is 6.97. The van der Waals surface area contributed by atoms with Gasteiger partial charge in [-0.15, -0.1) is 0 Å². The molecule has 0 saturated carbocycles. The average molecular weight is 675 g/mol. The molecule has 10 nitrogen and oxygen atoms in total. The molecule has 0 amide bonds. The second kappa shape index (κ2) is 14.3. The van der Waals surface area contributed by atoms with Crippen LogP contribution in [0.25, 0.3) is 11.1 Å². The Morgan fingerprint density at radius 2 is 1.32 bits per heavy atom. The van der Waals surface area contributed by atoms with Crippen LogP contribution in [-0.4, -0.2) is 64.0 Å². The first kappa shape index (κ1) is 34.6. The van der Waals surface area contributed by atoms with Crippen LogP contribution in [0.15, 0.2) is 65.7 Å². The molecule has 1 fully saturated rings. The molecule has 0 radical (unpaired) electrons. The van der Waals surface area contributed by atoms with E-state index >= 15 is 0 Å². The molecule has 5 rings (SSSR count). The Morgan fingerprint density at radius 3 is 1.75 bits per heavy atom. The van der Waals surface area contributed by atoms with E-state index in [4.69, 9.17) is 9.31 Å². The molecule has 44 heavy (non-hydrogen) atoms. The molecule has 2 aromatic carbocycles. The van der Waals surface area contributed by atoms with Gasteiger partial charge in [-0.2, -0.15) is 10.2 Å². The monoisotopic (exact) mass is 674 g/mol. The van der Waals surface area contributed by atoms with Crippen molar-refractivity contribution in [1.29, 1.82) is 0 Å². The Hall–Kier alpha value is -3.88. The Kier molecular flexibility index (Phi) is 11.2. The van der Waals surface area contributed by atoms with Gasteiger partial charge in [-0.3, -0.25) is 9.36 Å². The first-order valence-corrected chi connectivity index (χ1v) is 14.1. The van der Waals surface area contributed by atoms with Crippen molar-refractivity contribution in [3.8, 4) is 11.1 Å². The molecule has 14 heteroatoms. The molecule has 4 aromatic rings. The first-order chi connectivity index (χ1) is 20.6. The fraction of sp³-hybridized carbons (Fsp3) is 0.333. The summed E-state index contributed by atoms with van der Waals surface area (Å²) >= 11 is 2.97. The van der Waals surface area contributed by atoms with Crippen LogP contribution in [0.4, 0.5) is 8.78 Å².